The number of halogens is 2. The van der Waals surface area contributed by atoms with Crippen molar-refractivity contribution < 1.29 is 8.42 Å². The van der Waals surface area contributed by atoms with Crippen LogP contribution in [0.15, 0.2) is 20.1 Å². The molecule has 9 heteroatoms. The number of aromatic nitrogens is 2. The number of nitrogens with one attached hydrogen (secondary N) is 2. The molecule has 0 unspecified atom stereocenters. The molecule has 5 nitrogen and oxygen atoms in total. The highest BCUT2D eigenvalue weighted by molar-refractivity contribution is 9.11. The maximum absolute atomic E-state index is 12.1. The van der Waals surface area contributed by atoms with Crippen molar-refractivity contribution in [1.29, 1.82) is 0 Å². The molecule has 2 aromatic rings. The van der Waals surface area contributed by atoms with Gasteiger partial charge in [-0.15, -0.1) is 11.3 Å². The summed E-state index contributed by atoms with van der Waals surface area (Å²) < 4.78 is 27.4. The highest BCUT2D eigenvalue weighted by Gasteiger charge is 2.20. The molecule has 0 spiro atoms. The molecule has 0 aliphatic carbocycles. The lowest BCUT2D eigenvalue weighted by molar-refractivity contribution is 0.603. The summed E-state index contributed by atoms with van der Waals surface area (Å²) in [7, 11) is -3.66. The number of hydrogen-bond donors (Lipinski definition) is 2. The van der Waals surface area contributed by atoms with E-state index in [1.807, 2.05) is 13.8 Å². The second-order valence-electron chi connectivity index (χ2n) is 4.16. The van der Waals surface area contributed by atoms with Crippen LogP contribution in [-0.2, 0) is 10.0 Å². The van der Waals surface area contributed by atoms with Crippen molar-refractivity contribution in [2.24, 2.45) is 0 Å². The summed E-state index contributed by atoms with van der Waals surface area (Å²) in [4.78, 5) is 0. The minimum absolute atomic E-state index is 0.137. The van der Waals surface area contributed by atoms with E-state index in [0.29, 0.717) is 8.81 Å². The van der Waals surface area contributed by atoms with Crippen molar-refractivity contribution in [2.45, 2.75) is 24.0 Å². The van der Waals surface area contributed by atoms with Gasteiger partial charge in [-0.05, 0) is 27.9 Å². The minimum atomic E-state index is -3.66. The summed E-state index contributed by atoms with van der Waals surface area (Å²) in [6.45, 7) is 3.98. The van der Waals surface area contributed by atoms with Crippen molar-refractivity contribution >= 4 is 54.7 Å². The van der Waals surface area contributed by atoms with E-state index in [0.717, 1.165) is 17.0 Å². The second-order valence-corrected chi connectivity index (χ2v) is 8.84. The Balaban J connectivity index is 2.25. The Labute approximate surface area is 128 Å². The van der Waals surface area contributed by atoms with Crippen molar-refractivity contribution in [3.63, 3.8) is 0 Å². The van der Waals surface area contributed by atoms with Gasteiger partial charge in [0.1, 0.15) is 4.21 Å². The van der Waals surface area contributed by atoms with Crippen LogP contribution in [0.3, 0.4) is 0 Å². The Morgan fingerprint density at radius 1 is 1.47 bits per heavy atom. The van der Waals surface area contributed by atoms with E-state index in [9.17, 15) is 8.42 Å². The molecule has 0 bridgehead atoms. The van der Waals surface area contributed by atoms with Gasteiger partial charge in [0, 0.05) is 11.8 Å². The van der Waals surface area contributed by atoms with Crippen LogP contribution in [0.2, 0.25) is 5.02 Å². The van der Waals surface area contributed by atoms with Gasteiger partial charge in [0.05, 0.1) is 8.81 Å². The number of rotatable bonds is 4. The zero-order valence-corrected chi connectivity index (χ0v) is 14.0. The van der Waals surface area contributed by atoms with Crippen molar-refractivity contribution in [1.82, 2.24) is 10.2 Å². The van der Waals surface area contributed by atoms with Gasteiger partial charge in [-0.1, -0.05) is 25.4 Å². The topological polar surface area (TPSA) is 74.8 Å². The lowest BCUT2D eigenvalue weighted by Crippen LogP contribution is -2.11. The summed E-state index contributed by atoms with van der Waals surface area (Å²) >= 11 is 10.1. The lowest BCUT2D eigenvalue weighted by Gasteiger charge is -2.01. The monoisotopic (exact) mass is 383 g/mol. The van der Waals surface area contributed by atoms with E-state index < -0.39 is 10.0 Å². The first-order chi connectivity index (χ1) is 8.79. The van der Waals surface area contributed by atoms with Gasteiger partial charge in [0.2, 0.25) is 0 Å². The van der Waals surface area contributed by atoms with Crippen molar-refractivity contribution in [3.05, 3.63) is 26.6 Å². The van der Waals surface area contributed by atoms with E-state index in [4.69, 9.17) is 11.6 Å². The predicted molar refractivity (Wildman–Crippen MR) is 80.5 cm³/mol. The highest BCUT2D eigenvalue weighted by atomic mass is 79.9. The fraction of sp³-hybridized carbons (Fsp3) is 0.300. The van der Waals surface area contributed by atoms with Crippen LogP contribution in [0.4, 0.5) is 5.82 Å². The Hall–Kier alpha value is -0.570. The number of hydrogen-bond acceptors (Lipinski definition) is 4. The van der Waals surface area contributed by atoms with Crippen LogP contribution < -0.4 is 4.72 Å². The smallest absolute Gasteiger partial charge is 0.272 e. The zero-order chi connectivity index (χ0) is 14.2. The molecule has 0 fully saturated rings. The summed E-state index contributed by atoms with van der Waals surface area (Å²) in [5.74, 6) is 0.514. The third-order valence-electron chi connectivity index (χ3n) is 2.35. The molecule has 19 heavy (non-hydrogen) atoms. The van der Waals surface area contributed by atoms with Crippen LogP contribution >= 0.6 is 38.9 Å². The first-order valence-corrected chi connectivity index (χ1v) is 8.79. The summed E-state index contributed by atoms with van der Waals surface area (Å²) in [6.07, 6.45) is 0. The van der Waals surface area contributed by atoms with Crippen molar-refractivity contribution in [3.8, 4) is 0 Å². The quantitative estimate of drug-likeness (QED) is 0.841. The number of sulfonamides is 1. The first kappa shape index (κ1) is 14.8. The van der Waals surface area contributed by atoms with Crippen LogP contribution in [-0.4, -0.2) is 18.6 Å². The van der Waals surface area contributed by atoms with E-state index in [1.165, 1.54) is 6.07 Å². The molecule has 0 atom stereocenters. The molecule has 2 N–H and O–H groups in total. The third-order valence-corrected chi connectivity index (χ3v) is 6.65. The molecule has 0 aromatic carbocycles. The molecular weight excluding hydrogens is 374 g/mol. The molecule has 0 aliphatic heterocycles. The van der Waals surface area contributed by atoms with Gasteiger partial charge < -0.3 is 0 Å². The van der Waals surface area contributed by atoms with E-state index in [-0.39, 0.29) is 15.9 Å². The van der Waals surface area contributed by atoms with Gasteiger partial charge in [-0.2, -0.15) is 5.10 Å². The van der Waals surface area contributed by atoms with Crippen LogP contribution in [0.5, 0.6) is 0 Å². The minimum Gasteiger partial charge on any atom is -0.280 e. The van der Waals surface area contributed by atoms with Gasteiger partial charge in [0.15, 0.2) is 5.82 Å². The average Bonchev–Trinajstić information content (AvgIpc) is 2.87. The van der Waals surface area contributed by atoms with Gasteiger partial charge in [-0.25, -0.2) is 8.42 Å². The standard InChI is InChI=1S/C10H11BrClN3O2S2/c1-5(2)7-4-8(14-13-7)15-19(16,17)9-3-6(12)10(11)18-9/h3-5H,1-2H3,(H2,13,14,15). The normalized spacial score (nSPS) is 12.1. The summed E-state index contributed by atoms with van der Waals surface area (Å²) in [5, 5.41) is 7.08. The Morgan fingerprint density at radius 2 is 2.16 bits per heavy atom. The van der Waals surface area contributed by atoms with E-state index >= 15 is 0 Å². The Kier molecular flexibility index (Phi) is 4.24. The maximum atomic E-state index is 12.1. The van der Waals surface area contributed by atoms with Gasteiger partial charge >= 0.3 is 0 Å². The third kappa shape index (κ3) is 3.31. The van der Waals surface area contributed by atoms with E-state index in [2.05, 4.69) is 30.8 Å². The van der Waals surface area contributed by atoms with Crippen LogP contribution in [0.1, 0.15) is 25.5 Å². The van der Waals surface area contributed by atoms with Gasteiger partial charge in [0.25, 0.3) is 10.0 Å². The fourth-order valence-corrected chi connectivity index (χ4v) is 4.72. The number of anilines is 1. The predicted octanol–water partition coefficient (Wildman–Crippen LogP) is 3.81. The zero-order valence-electron chi connectivity index (χ0n) is 10.1. The average molecular weight is 385 g/mol. The molecule has 0 amide bonds. The fourth-order valence-electron chi connectivity index (χ4n) is 1.33. The number of thiophene rings is 1. The molecule has 104 valence electrons. The molecule has 0 saturated carbocycles. The molecular formula is C10H11BrClN3O2S2. The van der Waals surface area contributed by atoms with Crippen molar-refractivity contribution in [2.75, 3.05) is 4.72 Å². The molecule has 0 aliphatic rings. The number of nitrogens with zero attached hydrogens (tertiary/aromatic N) is 1. The highest BCUT2D eigenvalue weighted by Crippen LogP contribution is 2.35. The first-order valence-electron chi connectivity index (χ1n) is 5.32. The summed E-state index contributed by atoms with van der Waals surface area (Å²) in [5.41, 5.74) is 0.864. The molecule has 2 heterocycles. The Bertz CT molecular complexity index is 674. The second kappa shape index (κ2) is 5.43. The number of aromatic amines is 1. The van der Waals surface area contributed by atoms with E-state index in [1.54, 1.807) is 6.07 Å². The van der Waals surface area contributed by atoms with Crippen LogP contribution in [0.25, 0.3) is 0 Å². The Morgan fingerprint density at radius 3 is 2.63 bits per heavy atom. The maximum Gasteiger partial charge on any atom is 0.272 e. The largest absolute Gasteiger partial charge is 0.280 e. The summed E-state index contributed by atoms with van der Waals surface area (Å²) in [6, 6.07) is 3.07. The number of H-pyrrole nitrogens is 1. The lowest BCUT2D eigenvalue weighted by atomic mass is 10.1. The van der Waals surface area contributed by atoms with Gasteiger partial charge in [-0.3, -0.25) is 9.82 Å². The molecule has 2 rings (SSSR count). The van der Waals surface area contributed by atoms with Crippen LogP contribution in [0, 0.1) is 0 Å². The molecule has 2 aromatic heterocycles. The SMILES string of the molecule is CC(C)c1cc(NS(=O)(=O)c2cc(Cl)c(Br)s2)n[nH]1. The molecule has 0 saturated heterocycles. The molecule has 0 radical (unpaired) electrons.